The Morgan fingerprint density at radius 2 is 2.00 bits per heavy atom. The van der Waals surface area contributed by atoms with Gasteiger partial charge in [0, 0.05) is 0 Å². The lowest BCUT2D eigenvalue weighted by Gasteiger charge is -1.37. The Balaban J connectivity index is 0. The van der Waals surface area contributed by atoms with Gasteiger partial charge in [-0.05, 0) is 0 Å². The van der Waals surface area contributed by atoms with Crippen LogP contribution in [0.1, 0.15) is 0 Å². The van der Waals surface area contributed by atoms with Gasteiger partial charge in [-0.25, -0.2) is 0 Å². The molecule has 0 atom stereocenters. The first kappa shape index (κ1) is 9.92. The van der Waals surface area contributed by atoms with Gasteiger partial charge in [0.05, 0.1) is 0 Å². The van der Waals surface area contributed by atoms with E-state index >= 15 is 0 Å². The number of aromatic amines is 2. The minimum Gasteiger partial charge on any atom is -1.00 e. The summed E-state index contributed by atoms with van der Waals surface area (Å²) in [6.07, 6.45) is 5.39. The molecule has 0 saturated heterocycles. The van der Waals surface area contributed by atoms with Crippen LogP contribution in [0.25, 0.3) is 0 Å². The number of H-pyrrole nitrogens is 2. The first-order valence-corrected chi connectivity index (χ1v) is 1.49. The second-order valence-electron chi connectivity index (χ2n) is 0.811. The number of hydrogen-bond acceptors (Lipinski definition) is 0. The number of nitrogens with one attached hydrogen (secondary N) is 2. The molecule has 0 spiro atoms. The molecule has 0 aliphatic heterocycles. The molecule has 0 radical (unpaired) electrons. The van der Waals surface area contributed by atoms with Crippen molar-refractivity contribution >= 4 is 0 Å². The molecular formula is C3H5Cl2N2-. The Morgan fingerprint density at radius 3 is 2.14 bits per heavy atom. The van der Waals surface area contributed by atoms with E-state index in [1.807, 2.05) is 12.4 Å². The Hall–Kier alpha value is -0.210. The molecule has 2 nitrogen and oxygen atoms in total. The predicted octanol–water partition coefficient (Wildman–Crippen LogP) is -6.16. The topological polar surface area (TPSA) is 29.9 Å². The number of halogens is 2. The average Bonchev–Trinajstić information content (AvgIpc) is 1.76. The maximum Gasteiger partial charge on any atom is 0.239 e. The summed E-state index contributed by atoms with van der Waals surface area (Å²) in [7, 11) is 0. The van der Waals surface area contributed by atoms with Crippen LogP contribution in [0.5, 0.6) is 0 Å². The van der Waals surface area contributed by atoms with Gasteiger partial charge in [-0.1, -0.05) is 0 Å². The summed E-state index contributed by atoms with van der Waals surface area (Å²) >= 11 is 0. The van der Waals surface area contributed by atoms with Crippen LogP contribution in [-0.2, 0) is 0 Å². The van der Waals surface area contributed by atoms with Crippen molar-refractivity contribution in [1.82, 2.24) is 4.98 Å². The highest BCUT2D eigenvalue weighted by Gasteiger charge is 1.65. The number of aromatic nitrogens is 2. The molecule has 0 unspecified atom stereocenters. The summed E-state index contributed by atoms with van der Waals surface area (Å²) in [5, 5.41) is 0. The van der Waals surface area contributed by atoms with Crippen molar-refractivity contribution in [3.63, 3.8) is 0 Å². The van der Waals surface area contributed by atoms with Crippen LogP contribution in [0.3, 0.4) is 0 Å². The normalized spacial score (nSPS) is 5.71. The van der Waals surface area contributed by atoms with Gasteiger partial charge in [-0.2, -0.15) is 0 Å². The fraction of sp³-hybridized carbons (Fsp3) is 0. The van der Waals surface area contributed by atoms with Gasteiger partial charge in [-0.3, -0.25) is 9.97 Å². The molecule has 1 aromatic heterocycles. The van der Waals surface area contributed by atoms with Crippen molar-refractivity contribution in [2.75, 3.05) is 0 Å². The molecule has 1 aromatic rings. The van der Waals surface area contributed by atoms with Crippen LogP contribution in [0.2, 0.25) is 0 Å². The van der Waals surface area contributed by atoms with Crippen LogP contribution in [0, 0.1) is 0 Å². The van der Waals surface area contributed by atoms with E-state index in [0.29, 0.717) is 0 Å². The fourth-order valence-electron chi connectivity index (χ4n) is 0.241. The largest absolute Gasteiger partial charge is 1.00 e. The summed E-state index contributed by atoms with van der Waals surface area (Å²) in [5.41, 5.74) is 0. The molecule has 4 heteroatoms. The van der Waals surface area contributed by atoms with Crippen molar-refractivity contribution in [1.29, 1.82) is 0 Å². The van der Waals surface area contributed by atoms with E-state index < -0.39 is 0 Å². The minimum absolute atomic E-state index is 0. The molecule has 7 heavy (non-hydrogen) atoms. The van der Waals surface area contributed by atoms with Gasteiger partial charge in [-0.15, -0.1) is 0 Å². The number of hydrogen-bond donors (Lipinski definition) is 1. The smallest absolute Gasteiger partial charge is 0.239 e. The second-order valence-corrected chi connectivity index (χ2v) is 0.811. The first-order valence-electron chi connectivity index (χ1n) is 1.49. The average molecular weight is 140 g/mol. The molecule has 2 N–H and O–H groups in total. The maximum absolute atomic E-state index is 2.81. The number of imidazole rings is 1. The first-order chi connectivity index (χ1) is 2.50. The van der Waals surface area contributed by atoms with Crippen LogP contribution in [0.4, 0.5) is 0 Å². The highest BCUT2D eigenvalue weighted by molar-refractivity contribution is 4.52. The SMILES string of the molecule is [Cl-].[Cl-].c1c[nH+]c[nH]1. The summed E-state index contributed by atoms with van der Waals surface area (Å²) in [6, 6.07) is 0. The highest BCUT2D eigenvalue weighted by atomic mass is 35.5. The zero-order chi connectivity index (χ0) is 3.54. The number of rotatable bonds is 0. The molecule has 1 heterocycles. The minimum atomic E-state index is 0. The summed E-state index contributed by atoms with van der Waals surface area (Å²) < 4.78 is 0. The lowest BCUT2D eigenvalue weighted by atomic mass is 11.0. The van der Waals surface area contributed by atoms with Crippen molar-refractivity contribution in [2.45, 2.75) is 0 Å². The van der Waals surface area contributed by atoms with Gasteiger partial charge in [0.2, 0.25) is 6.33 Å². The van der Waals surface area contributed by atoms with Crippen molar-refractivity contribution in [3.8, 4) is 0 Å². The Labute approximate surface area is 54.2 Å². The lowest BCUT2D eigenvalue weighted by Crippen LogP contribution is -3.00. The highest BCUT2D eigenvalue weighted by Crippen LogP contribution is 1.53. The van der Waals surface area contributed by atoms with E-state index in [1.165, 1.54) is 0 Å². The van der Waals surface area contributed by atoms with E-state index in [-0.39, 0.29) is 24.8 Å². The molecule has 42 valence electrons. The van der Waals surface area contributed by atoms with Crippen LogP contribution in [0.15, 0.2) is 18.7 Å². The van der Waals surface area contributed by atoms with Crippen molar-refractivity contribution in [2.24, 2.45) is 0 Å². The predicted molar refractivity (Wildman–Crippen MR) is 17.3 cm³/mol. The lowest BCUT2D eigenvalue weighted by molar-refractivity contribution is -0.375. The summed E-state index contributed by atoms with van der Waals surface area (Å²) in [4.78, 5) is 5.61. The van der Waals surface area contributed by atoms with Crippen LogP contribution < -0.4 is 29.8 Å². The Morgan fingerprint density at radius 1 is 1.29 bits per heavy atom. The van der Waals surface area contributed by atoms with Gasteiger partial charge < -0.3 is 24.8 Å². The molecule has 0 fully saturated rings. The summed E-state index contributed by atoms with van der Waals surface area (Å²) in [6.45, 7) is 0. The van der Waals surface area contributed by atoms with Crippen LogP contribution >= 0.6 is 0 Å². The van der Waals surface area contributed by atoms with Gasteiger partial charge >= 0.3 is 0 Å². The van der Waals surface area contributed by atoms with Crippen LogP contribution in [-0.4, -0.2) is 4.98 Å². The standard InChI is InChI=1S/C3H4N2.2ClH/c1-2-5-3-4-1;;/h1-3H,(H,4,5);2*1H/p-1. The quantitative estimate of drug-likeness (QED) is 0.371. The van der Waals surface area contributed by atoms with Gasteiger partial charge in [0.1, 0.15) is 12.4 Å². The zero-order valence-corrected chi connectivity index (χ0v) is 5.00. The van der Waals surface area contributed by atoms with E-state index in [4.69, 9.17) is 0 Å². The summed E-state index contributed by atoms with van der Waals surface area (Å²) in [5.74, 6) is 0. The van der Waals surface area contributed by atoms with Gasteiger partial charge in [0.15, 0.2) is 0 Å². The Bertz CT molecular complexity index is 67.4. The Kier molecular flexibility index (Phi) is 8.21. The zero-order valence-electron chi connectivity index (χ0n) is 3.49. The third-order valence-electron chi connectivity index (χ3n) is 0.442. The van der Waals surface area contributed by atoms with E-state index in [0.717, 1.165) is 0 Å². The van der Waals surface area contributed by atoms with E-state index in [1.54, 1.807) is 6.33 Å². The third kappa shape index (κ3) is 3.62. The van der Waals surface area contributed by atoms with E-state index in [2.05, 4.69) is 9.97 Å². The molecular weight excluding hydrogens is 135 g/mol. The molecule has 0 bridgehead atoms. The molecule has 0 aliphatic rings. The van der Waals surface area contributed by atoms with Gasteiger partial charge in [0.25, 0.3) is 0 Å². The molecule has 0 amide bonds. The molecule has 0 aromatic carbocycles. The van der Waals surface area contributed by atoms with E-state index in [9.17, 15) is 0 Å². The molecule has 0 aliphatic carbocycles. The van der Waals surface area contributed by atoms with Crippen molar-refractivity contribution < 1.29 is 29.8 Å². The monoisotopic (exact) mass is 139 g/mol. The molecule has 1 rings (SSSR count). The van der Waals surface area contributed by atoms with Crippen molar-refractivity contribution in [3.05, 3.63) is 18.7 Å². The maximum atomic E-state index is 2.81. The second kappa shape index (κ2) is 5.79. The molecule has 0 saturated carbocycles. The third-order valence-corrected chi connectivity index (χ3v) is 0.442. The fourth-order valence-corrected chi connectivity index (χ4v) is 0.241.